The number of benzene rings is 1. The van der Waals surface area contributed by atoms with Gasteiger partial charge in [-0.25, -0.2) is 0 Å². The number of carbonyl (C=O) groups excluding carboxylic acids is 1. The van der Waals surface area contributed by atoms with Crippen molar-refractivity contribution in [2.45, 2.75) is 68.7 Å². The second-order valence-electron chi connectivity index (χ2n) is 8.25. The summed E-state index contributed by atoms with van der Waals surface area (Å²) in [6.45, 7) is 3.77. The maximum absolute atomic E-state index is 12.8. The molecule has 0 aliphatic heterocycles. The van der Waals surface area contributed by atoms with Gasteiger partial charge in [0.25, 0.3) is 0 Å². The molecular formula is C22H29Cl2NO2. The first kappa shape index (κ1) is 20.7. The Kier molecular flexibility index (Phi) is 6.55. The topological polar surface area (TPSA) is 49.3 Å². The number of aliphatic hydroxyl groups is 1. The molecule has 3 nitrogen and oxygen atoms in total. The quantitative estimate of drug-likeness (QED) is 0.534. The van der Waals surface area contributed by atoms with Crippen LogP contribution in [0.1, 0.15) is 63.4 Å². The van der Waals surface area contributed by atoms with Gasteiger partial charge in [-0.05, 0) is 62.1 Å². The minimum Gasteiger partial charge on any atom is -0.395 e. The predicted octanol–water partition coefficient (Wildman–Crippen LogP) is 5.42. The molecule has 0 bridgehead atoms. The zero-order valence-corrected chi connectivity index (χ0v) is 17.3. The number of allylic oxidation sites excluding steroid dienone is 1. The molecule has 0 unspecified atom stereocenters. The molecule has 148 valence electrons. The van der Waals surface area contributed by atoms with E-state index in [2.05, 4.69) is 11.9 Å². The molecule has 1 aromatic carbocycles. The zero-order chi connectivity index (χ0) is 19.5. The Morgan fingerprint density at radius 2 is 2.00 bits per heavy atom. The van der Waals surface area contributed by atoms with Gasteiger partial charge in [0.1, 0.15) is 0 Å². The highest BCUT2D eigenvalue weighted by Crippen LogP contribution is 2.48. The van der Waals surface area contributed by atoms with Crippen LogP contribution in [0.2, 0.25) is 10.0 Å². The third-order valence-corrected chi connectivity index (χ3v) is 7.18. The van der Waals surface area contributed by atoms with E-state index in [9.17, 15) is 9.90 Å². The first-order chi connectivity index (χ1) is 12.9. The van der Waals surface area contributed by atoms with Gasteiger partial charge >= 0.3 is 0 Å². The van der Waals surface area contributed by atoms with Crippen LogP contribution in [0, 0.1) is 5.92 Å². The van der Waals surface area contributed by atoms with Gasteiger partial charge in [-0.15, -0.1) is 6.58 Å². The van der Waals surface area contributed by atoms with E-state index in [0.717, 1.165) is 18.4 Å². The van der Waals surface area contributed by atoms with E-state index < -0.39 is 5.41 Å². The number of hydrogen-bond donors (Lipinski definition) is 2. The van der Waals surface area contributed by atoms with Crippen molar-refractivity contribution in [1.82, 2.24) is 5.32 Å². The van der Waals surface area contributed by atoms with Crippen molar-refractivity contribution >= 4 is 29.1 Å². The lowest BCUT2D eigenvalue weighted by Crippen LogP contribution is -2.48. The van der Waals surface area contributed by atoms with E-state index in [4.69, 9.17) is 23.2 Å². The maximum Gasteiger partial charge on any atom is 0.220 e. The van der Waals surface area contributed by atoms with Gasteiger partial charge in [0.15, 0.2) is 0 Å². The molecular weight excluding hydrogens is 381 g/mol. The molecule has 0 spiro atoms. The highest BCUT2D eigenvalue weighted by molar-refractivity contribution is 6.42. The summed E-state index contributed by atoms with van der Waals surface area (Å²) in [7, 11) is 0. The average molecular weight is 410 g/mol. The number of nitrogens with one attached hydrogen (secondary N) is 1. The standard InChI is InChI=1S/C22H29Cl2NO2/c1-2-10-21(15-26,17-7-8-18(23)19(24)14-17)13-9-20(27)25-22(16-5-6-16)11-3-4-12-22/h2,7-8,14,16,26H,1,3-6,9-13,15H2,(H,25,27)/t21-/m0/s1. The second kappa shape index (κ2) is 8.55. The Bertz CT molecular complexity index is 696. The minimum absolute atomic E-state index is 0.0287. The summed E-state index contributed by atoms with van der Waals surface area (Å²) in [5.74, 6) is 0.751. The first-order valence-corrected chi connectivity index (χ1v) is 10.7. The minimum atomic E-state index is -0.574. The van der Waals surface area contributed by atoms with Gasteiger partial charge in [0.05, 0.1) is 16.7 Å². The third kappa shape index (κ3) is 4.52. The molecule has 1 amide bonds. The van der Waals surface area contributed by atoms with Gasteiger partial charge in [-0.3, -0.25) is 4.79 Å². The number of rotatable bonds is 9. The summed E-state index contributed by atoms with van der Waals surface area (Å²) in [5, 5.41) is 14.5. The first-order valence-electron chi connectivity index (χ1n) is 9.93. The Labute approximate surface area is 172 Å². The lowest BCUT2D eigenvalue weighted by molar-refractivity contribution is -0.123. The molecule has 2 N–H and O–H groups in total. The SMILES string of the molecule is C=CC[C@@](CO)(CCC(=O)NC1(C2CC2)CCCC1)c1ccc(Cl)c(Cl)c1. The van der Waals surface area contributed by atoms with Crippen LogP contribution in [0.4, 0.5) is 0 Å². The van der Waals surface area contributed by atoms with Crippen LogP contribution in [0.25, 0.3) is 0 Å². The summed E-state index contributed by atoms with van der Waals surface area (Å²) in [6, 6.07) is 5.42. The summed E-state index contributed by atoms with van der Waals surface area (Å²) in [4.78, 5) is 12.8. The molecule has 0 aromatic heterocycles. The van der Waals surface area contributed by atoms with Crippen molar-refractivity contribution in [3.8, 4) is 0 Å². The van der Waals surface area contributed by atoms with Crippen molar-refractivity contribution in [3.05, 3.63) is 46.5 Å². The molecule has 2 fully saturated rings. The highest BCUT2D eigenvalue weighted by atomic mass is 35.5. The maximum atomic E-state index is 12.8. The molecule has 2 aliphatic rings. The van der Waals surface area contributed by atoms with Gasteiger partial charge in [-0.2, -0.15) is 0 Å². The smallest absolute Gasteiger partial charge is 0.220 e. The molecule has 2 saturated carbocycles. The number of halogens is 2. The predicted molar refractivity (Wildman–Crippen MR) is 111 cm³/mol. The van der Waals surface area contributed by atoms with Crippen molar-refractivity contribution in [3.63, 3.8) is 0 Å². The fourth-order valence-electron chi connectivity index (χ4n) is 4.67. The lowest BCUT2D eigenvalue weighted by atomic mass is 9.74. The summed E-state index contributed by atoms with van der Waals surface area (Å²) in [6.07, 6.45) is 10.4. The van der Waals surface area contributed by atoms with Crippen LogP contribution < -0.4 is 5.32 Å². The molecule has 1 atom stereocenters. The van der Waals surface area contributed by atoms with Crippen molar-refractivity contribution in [2.75, 3.05) is 6.61 Å². The van der Waals surface area contributed by atoms with Crippen molar-refractivity contribution < 1.29 is 9.90 Å². The fourth-order valence-corrected chi connectivity index (χ4v) is 4.97. The van der Waals surface area contributed by atoms with Gasteiger partial charge < -0.3 is 10.4 Å². The molecule has 0 radical (unpaired) electrons. The van der Waals surface area contributed by atoms with Crippen LogP contribution in [-0.4, -0.2) is 23.2 Å². The van der Waals surface area contributed by atoms with E-state index in [0.29, 0.717) is 35.2 Å². The molecule has 1 aromatic rings. The van der Waals surface area contributed by atoms with E-state index in [1.165, 1.54) is 25.7 Å². The van der Waals surface area contributed by atoms with Crippen LogP contribution in [0.3, 0.4) is 0 Å². The van der Waals surface area contributed by atoms with E-state index in [-0.39, 0.29) is 18.1 Å². The summed E-state index contributed by atoms with van der Waals surface area (Å²) < 4.78 is 0. The van der Waals surface area contributed by atoms with Crippen molar-refractivity contribution in [2.24, 2.45) is 5.92 Å². The lowest BCUT2D eigenvalue weighted by Gasteiger charge is -2.34. The molecule has 0 saturated heterocycles. The average Bonchev–Trinajstić information content (AvgIpc) is 3.42. The number of hydrogen-bond acceptors (Lipinski definition) is 2. The Balaban J connectivity index is 1.71. The molecule has 2 aliphatic carbocycles. The zero-order valence-electron chi connectivity index (χ0n) is 15.8. The fraction of sp³-hybridized carbons (Fsp3) is 0.591. The van der Waals surface area contributed by atoms with Crippen LogP contribution in [0.5, 0.6) is 0 Å². The van der Waals surface area contributed by atoms with Crippen molar-refractivity contribution in [1.29, 1.82) is 0 Å². The van der Waals surface area contributed by atoms with Gasteiger partial charge in [0, 0.05) is 17.4 Å². The third-order valence-electron chi connectivity index (χ3n) is 6.44. The molecule has 3 rings (SSSR count). The normalized spacial score (nSPS) is 20.9. The Morgan fingerprint density at radius 3 is 2.56 bits per heavy atom. The molecule has 27 heavy (non-hydrogen) atoms. The van der Waals surface area contributed by atoms with Gasteiger partial charge in [-0.1, -0.05) is 48.2 Å². The largest absolute Gasteiger partial charge is 0.395 e. The van der Waals surface area contributed by atoms with Gasteiger partial charge in [0.2, 0.25) is 5.91 Å². The second-order valence-corrected chi connectivity index (χ2v) is 9.06. The Morgan fingerprint density at radius 1 is 1.30 bits per heavy atom. The summed E-state index contributed by atoms with van der Waals surface area (Å²) >= 11 is 12.2. The van der Waals surface area contributed by atoms with E-state index >= 15 is 0 Å². The van der Waals surface area contributed by atoms with Crippen LogP contribution in [0.15, 0.2) is 30.9 Å². The number of aliphatic hydroxyl groups excluding tert-OH is 1. The summed E-state index contributed by atoms with van der Waals surface area (Å²) in [5.41, 5.74) is 0.348. The van der Waals surface area contributed by atoms with E-state index in [1.807, 2.05) is 6.07 Å². The molecule has 5 heteroatoms. The monoisotopic (exact) mass is 409 g/mol. The molecule has 0 heterocycles. The van der Waals surface area contributed by atoms with Crippen LogP contribution in [-0.2, 0) is 10.2 Å². The van der Waals surface area contributed by atoms with Crippen LogP contribution >= 0.6 is 23.2 Å². The Hall–Kier alpha value is -1.03. The highest BCUT2D eigenvalue weighted by Gasteiger charge is 2.47. The number of carbonyl (C=O) groups is 1. The van der Waals surface area contributed by atoms with E-state index in [1.54, 1.807) is 18.2 Å². The number of amides is 1.